The number of nitrogens with one attached hydrogen (secondary N) is 1. The second-order valence-electron chi connectivity index (χ2n) is 7.05. The molecule has 138 valence electrons. The van der Waals surface area contributed by atoms with Crippen LogP contribution in [0.2, 0.25) is 0 Å². The number of rotatable bonds is 4. The molecule has 1 amide bonds. The molecule has 0 saturated carbocycles. The molecule has 0 unspecified atom stereocenters. The van der Waals surface area contributed by atoms with Crippen LogP contribution in [-0.2, 0) is 11.2 Å². The number of hydrogen-bond donors (Lipinski definition) is 1. The minimum Gasteiger partial charge on any atom is -0.496 e. The summed E-state index contributed by atoms with van der Waals surface area (Å²) in [5, 5.41) is 3.35. The SMILES string of the molecule is COc1cc(C2CCNCC2)ccc1CC(=O)N1CCCC(F)(F)C1. The molecule has 0 atom stereocenters. The summed E-state index contributed by atoms with van der Waals surface area (Å²) in [6.07, 6.45) is 2.50. The first-order valence-corrected chi connectivity index (χ1v) is 9.02. The van der Waals surface area contributed by atoms with Gasteiger partial charge in [-0.15, -0.1) is 0 Å². The third-order valence-electron chi connectivity index (χ3n) is 5.21. The topological polar surface area (TPSA) is 41.6 Å². The van der Waals surface area contributed by atoms with E-state index in [1.807, 2.05) is 18.2 Å². The highest BCUT2D eigenvalue weighted by Gasteiger charge is 2.37. The molecule has 6 heteroatoms. The van der Waals surface area contributed by atoms with Crippen LogP contribution < -0.4 is 10.1 Å². The Kier molecular flexibility index (Phi) is 5.57. The molecular weight excluding hydrogens is 326 g/mol. The number of benzene rings is 1. The van der Waals surface area contributed by atoms with E-state index < -0.39 is 12.5 Å². The number of alkyl halides is 2. The lowest BCUT2D eigenvalue weighted by atomic mass is 9.89. The van der Waals surface area contributed by atoms with Gasteiger partial charge in [0, 0.05) is 18.5 Å². The van der Waals surface area contributed by atoms with Crippen molar-refractivity contribution in [3.63, 3.8) is 0 Å². The molecule has 0 spiro atoms. The summed E-state index contributed by atoms with van der Waals surface area (Å²) < 4.78 is 32.5. The summed E-state index contributed by atoms with van der Waals surface area (Å²) in [4.78, 5) is 13.7. The van der Waals surface area contributed by atoms with Crippen LogP contribution in [0.25, 0.3) is 0 Å². The number of hydrogen-bond acceptors (Lipinski definition) is 3. The van der Waals surface area contributed by atoms with Gasteiger partial charge < -0.3 is 15.0 Å². The normalized spacial score (nSPS) is 21.2. The summed E-state index contributed by atoms with van der Waals surface area (Å²) >= 11 is 0. The highest BCUT2D eigenvalue weighted by molar-refractivity contribution is 5.79. The fraction of sp³-hybridized carbons (Fsp3) is 0.632. The van der Waals surface area contributed by atoms with Crippen LogP contribution in [-0.4, -0.2) is 50.0 Å². The van der Waals surface area contributed by atoms with Gasteiger partial charge in [-0.25, -0.2) is 8.78 Å². The van der Waals surface area contributed by atoms with Crippen LogP contribution in [0.4, 0.5) is 8.78 Å². The first kappa shape index (κ1) is 18.1. The van der Waals surface area contributed by atoms with Crippen molar-refractivity contribution >= 4 is 5.91 Å². The number of halogens is 2. The van der Waals surface area contributed by atoms with Crippen molar-refractivity contribution in [1.82, 2.24) is 10.2 Å². The molecule has 0 aliphatic carbocycles. The minimum atomic E-state index is -2.77. The van der Waals surface area contributed by atoms with E-state index in [0.717, 1.165) is 31.5 Å². The molecule has 0 radical (unpaired) electrons. The summed E-state index contributed by atoms with van der Waals surface area (Å²) in [7, 11) is 1.59. The van der Waals surface area contributed by atoms with E-state index in [1.165, 1.54) is 10.5 Å². The van der Waals surface area contributed by atoms with Crippen LogP contribution in [0.1, 0.15) is 42.7 Å². The third kappa shape index (κ3) is 4.48. The maximum Gasteiger partial charge on any atom is 0.265 e. The Hall–Kier alpha value is -1.69. The number of carbonyl (C=O) groups excluding carboxylic acids is 1. The van der Waals surface area contributed by atoms with Gasteiger partial charge in [-0.05, 0) is 49.9 Å². The number of likely N-dealkylation sites (tertiary alicyclic amines) is 1. The molecule has 2 fully saturated rings. The first-order valence-electron chi connectivity index (χ1n) is 9.02. The van der Waals surface area contributed by atoms with E-state index in [-0.39, 0.29) is 18.7 Å². The highest BCUT2D eigenvalue weighted by atomic mass is 19.3. The predicted molar refractivity (Wildman–Crippen MR) is 92.3 cm³/mol. The lowest BCUT2D eigenvalue weighted by Crippen LogP contribution is -2.46. The van der Waals surface area contributed by atoms with Crippen molar-refractivity contribution in [1.29, 1.82) is 0 Å². The van der Waals surface area contributed by atoms with Gasteiger partial charge in [-0.2, -0.15) is 0 Å². The highest BCUT2D eigenvalue weighted by Crippen LogP contribution is 2.31. The Bertz CT molecular complexity index is 615. The van der Waals surface area contributed by atoms with Crippen LogP contribution in [0.3, 0.4) is 0 Å². The fourth-order valence-electron chi connectivity index (χ4n) is 3.77. The Labute approximate surface area is 147 Å². The second-order valence-corrected chi connectivity index (χ2v) is 7.05. The van der Waals surface area contributed by atoms with Gasteiger partial charge >= 0.3 is 0 Å². The molecule has 2 aliphatic heterocycles. The molecule has 4 nitrogen and oxygen atoms in total. The third-order valence-corrected chi connectivity index (χ3v) is 5.21. The maximum atomic E-state index is 13.5. The number of amides is 1. The molecule has 2 saturated heterocycles. The molecule has 1 N–H and O–H groups in total. The second kappa shape index (κ2) is 7.68. The van der Waals surface area contributed by atoms with E-state index in [2.05, 4.69) is 5.32 Å². The Morgan fingerprint density at radius 1 is 1.36 bits per heavy atom. The number of methoxy groups -OCH3 is 1. The van der Waals surface area contributed by atoms with Crippen LogP contribution in [0.5, 0.6) is 5.75 Å². The molecule has 25 heavy (non-hydrogen) atoms. The summed E-state index contributed by atoms with van der Waals surface area (Å²) in [5.74, 6) is -1.85. The van der Waals surface area contributed by atoms with Crippen LogP contribution in [0, 0.1) is 0 Å². The monoisotopic (exact) mass is 352 g/mol. The zero-order chi connectivity index (χ0) is 17.9. The first-order chi connectivity index (χ1) is 12.0. The van der Waals surface area contributed by atoms with E-state index in [0.29, 0.717) is 24.6 Å². The lowest BCUT2D eigenvalue weighted by molar-refractivity contribution is -0.140. The summed E-state index contributed by atoms with van der Waals surface area (Å²) in [6.45, 7) is 1.96. The Morgan fingerprint density at radius 2 is 2.12 bits per heavy atom. The lowest BCUT2D eigenvalue weighted by Gasteiger charge is -2.32. The quantitative estimate of drug-likeness (QED) is 0.906. The molecule has 1 aromatic rings. The predicted octanol–water partition coefficient (Wildman–Crippen LogP) is 2.96. The molecule has 1 aromatic carbocycles. The summed E-state index contributed by atoms with van der Waals surface area (Å²) in [5.41, 5.74) is 1.98. The zero-order valence-corrected chi connectivity index (χ0v) is 14.7. The fourth-order valence-corrected chi connectivity index (χ4v) is 3.77. The number of carbonyl (C=O) groups is 1. The van der Waals surface area contributed by atoms with Crippen molar-refractivity contribution in [2.45, 2.75) is 43.9 Å². The average molecular weight is 352 g/mol. The largest absolute Gasteiger partial charge is 0.496 e. The van der Waals surface area contributed by atoms with Gasteiger partial charge in [0.2, 0.25) is 5.91 Å². The van der Waals surface area contributed by atoms with Crippen molar-refractivity contribution in [3.05, 3.63) is 29.3 Å². The van der Waals surface area contributed by atoms with Gasteiger partial charge in [0.05, 0.1) is 20.1 Å². The van der Waals surface area contributed by atoms with E-state index in [4.69, 9.17) is 4.74 Å². The van der Waals surface area contributed by atoms with E-state index >= 15 is 0 Å². The van der Waals surface area contributed by atoms with Gasteiger partial charge in [-0.1, -0.05) is 12.1 Å². The maximum absolute atomic E-state index is 13.5. The number of nitrogens with zero attached hydrogens (tertiary/aromatic N) is 1. The molecule has 0 aromatic heterocycles. The van der Waals surface area contributed by atoms with Crippen LogP contribution >= 0.6 is 0 Å². The van der Waals surface area contributed by atoms with Gasteiger partial charge in [-0.3, -0.25) is 4.79 Å². The molecular formula is C19H26F2N2O2. The Morgan fingerprint density at radius 3 is 2.80 bits per heavy atom. The van der Waals surface area contributed by atoms with Crippen molar-refractivity contribution < 1.29 is 18.3 Å². The molecule has 2 aliphatic rings. The minimum absolute atomic E-state index is 0.103. The van der Waals surface area contributed by atoms with Crippen molar-refractivity contribution in [2.24, 2.45) is 0 Å². The smallest absolute Gasteiger partial charge is 0.265 e. The number of ether oxygens (including phenoxy) is 1. The molecule has 2 heterocycles. The molecule has 0 bridgehead atoms. The number of piperidine rings is 2. The van der Waals surface area contributed by atoms with Gasteiger partial charge in [0.15, 0.2) is 0 Å². The van der Waals surface area contributed by atoms with E-state index in [1.54, 1.807) is 7.11 Å². The van der Waals surface area contributed by atoms with Gasteiger partial charge in [0.25, 0.3) is 5.92 Å². The van der Waals surface area contributed by atoms with Crippen molar-refractivity contribution in [3.8, 4) is 5.75 Å². The zero-order valence-electron chi connectivity index (χ0n) is 14.7. The van der Waals surface area contributed by atoms with Crippen molar-refractivity contribution in [2.75, 3.05) is 33.3 Å². The van der Waals surface area contributed by atoms with Crippen LogP contribution in [0.15, 0.2) is 18.2 Å². The summed E-state index contributed by atoms with van der Waals surface area (Å²) in [6, 6.07) is 5.96. The van der Waals surface area contributed by atoms with E-state index in [9.17, 15) is 13.6 Å². The molecule has 3 rings (SSSR count). The average Bonchev–Trinajstić information content (AvgIpc) is 2.62. The standard InChI is InChI=1S/C19H26F2N2O2/c1-25-17-11-15(14-5-8-22-9-6-14)3-4-16(17)12-18(24)23-10-2-7-19(20,21)13-23/h3-4,11,14,22H,2,5-10,12-13H2,1H3. The Balaban J connectivity index is 1.70. The van der Waals surface area contributed by atoms with Gasteiger partial charge in [0.1, 0.15) is 5.75 Å².